The summed E-state index contributed by atoms with van der Waals surface area (Å²) in [6.07, 6.45) is 35.7. The van der Waals surface area contributed by atoms with Crippen LogP contribution in [-0.2, 0) is 13.6 Å². The third-order valence-electron chi connectivity index (χ3n) is 8.46. The minimum atomic E-state index is -1.29. The molecule has 0 saturated heterocycles. The largest absolute Gasteiger partial charge is 0.333 e. The summed E-state index contributed by atoms with van der Waals surface area (Å²) in [5, 5.41) is 0. The van der Waals surface area contributed by atoms with Gasteiger partial charge in [-0.05, 0) is 38.5 Å². The number of hydrogen-bond donors (Lipinski definition) is 0. The Balaban J connectivity index is 4.80. The van der Waals surface area contributed by atoms with Gasteiger partial charge in [0.25, 0.3) is 0 Å². The van der Waals surface area contributed by atoms with Crippen LogP contribution in [0.2, 0.25) is 0 Å². The van der Waals surface area contributed by atoms with Crippen molar-refractivity contribution in [2.75, 3.05) is 0 Å². The lowest BCUT2D eigenvalue weighted by molar-refractivity contribution is 0.0525. The topological polar surface area (TPSA) is 27.7 Å². The first-order valence-corrected chi connectivity index (χ1v) is 19.5. The molecule has 40 heavy (non-hydrogen) atoms. The molecule has 3 nitrogen and oxygen atoms in total. The van der Waals surface area contributed by atoms with E-state index in [0.717, 1.165) is 38.5 Å². The van der Waals surface area contributed by atoms with Gasteiger partial charge in [-0.3, -0.25) is 0 Å². The Labute approximate surface area is 255 Å². The number of unbranched alkanes of at least 4 members (excludes halogenated alkanes) is 18. The quantitative estimate of drug-likeness (QED) is 0.0565. The van der Waals surface area contributed by atoms with Gasteiger partial charge in [0.05, 0.1) is 18.3 Å². The third-order valence-corrected chi connectivity index (χ3v) is 9.87. The van der Waals surface area contributed by atoms with Gasteiger partial charge in [-0.15, -0.1) is 0 Å². The molecule has 0 heterocycles. The van der Waals surface area contributed by atoms with Crippen molar-refractivity contribution in [3.63, 3.8) is 0 Å². The van der Waals surface area contributed by atoms with Crippen LogP contribution >= 0.6 is 8.60 Å². The Morgan fingerprint density at radius 3 is 0.775 bits per heavy atom. The molecule has 0 N–H and O–H groups in total. The first kappa shape index (κ1) is 40.3. The van der Waals surface area contributed by atoms with Gasteiger partial charge in [-0.25, -0.2) is 0 Å². The van der Waals surface area contributed by atoms with E-state index < -0.39 is 8.60 Å². The average molecular weight is 587 g/mol. The highest BCUT2D eigenvalue weighted by molar-refractivity contribution is 7.41. The summed E-state index contributed by atoms with van der Waals surface area (Å²) in [5.74, 6) is 0. The van der Waals surface area contributed by atoms with Gasteiger partial charge in [-0.2, -0.15) is 0 Å². The molecule has 0 aliphatic rings. The minimum absolute atomic E-state index is 0.258. The summed E-state index contributed by atoms with van der Waals surface area (Å²) in [5.41, 5.74) is 0. The lowest BCUT2D eigenvalue weighted by atomic mass is 10.1. The Morgan fingerprint density at radius 1 is 0.325 bits per heavy atom. The third kappa shape index (κ3) is 26.0. The molecule has 0 aliphatic carbocycles. The molecule has 3 atom stereocenters. The standard InChI is InChI=1S/C36H75O3P/c1-7-13-16-19-22-25-28-31-34(10-4)37-40(38-35(11-5)32-29-26-23-20-17-14-8-2)39-36(12-6)33-30-27-24-21-18-15-9-3/h34-36H,7-33H2,1-6H3. The SMILES string of the molecule is CCCCCCCCCC(CC)OP(OC(CC)CCCCCCCCC)OC(CC)CCCCCCCCC. The second-order valence-electron chi connectivity index (χ2n) is 12.4. The molecule has 0 aromatic rings. The van der Waals surface area contributed by atoms with E-state index in [4.69, 9.17) is 13.6 Å². The maximum absolute atomic E-state index is 6.67. The van der Waals surface area contributed by atoms with Gasteiger partial charge in [0.2, 0.25) is 0 Å². The molecular formula is C36H75O3P. The molecule has 242 valence electrons. The van der Waals surface area contributed by atoms with Crippen molar-refractivity contribution >= 4 is 8.60 Å². The van der Waals surface area contributed by atoms with Crippen LogP contribution in [-0.4, -0.2) is 18.3 Å². The van der Waals surface area contributed by atoms with Crippen LogP contribution < -0.4 is 0 Å². The minimum Gasteiger partial charge on any atom is -0.309 e. The zero-order chi connectivity index (χ0) is 29.5. The van der Waals surface area contributed by atoms with E-state index in [0.29, 0.717) is 0 Å². The molecule has 0 aromatic heterocycles. The lowest BCUT2D eigenvalue weighted by Crippen LogP contribution is -2.18. The van der Waals surface area contributed by atoms with E-state index in [2.05, 4.69) is 41.5 Å². The van der Waals surface area contributed by atoms with Crippen molar-refractivity contribution in [2.45, 2.75) is 233 Å². The molecular weight excluding hydrogens is 511 g/mol. The van der Waals surface area contributed by atoms with E-state index in [9.17, 15) is 0 Å². The van der Waals surface area contributed by atoms with Crippen LogP contribution in [0.25, 0.3) is 0 Å². The lowest BCUT2D eigenvalue weighted by Gasteiger charge is -2.29. The zero-order valence-electron chi connectivity index (χ0n) is 28.5. The zero-order valence-corrected chi connectivity index (χ0v) is 29.4. The highest BCUT2D eigenvalue weighted by Crippen LogP contribution is 2.47. The van der Waals surface area contributed by atoms with E-state index in [1.165, 1.54) is 135 Å². The van der Waals surface area contributed by atoms with Crippen molar-refractivity contribution in [1.82, 2.24) is 0 Å². The molecule has 0 aliphatic heterocycles. The predicted molar refractivity (Wildman–Crippen MR) is 180 cm³/mol. The maximum Gasteiger partial charge on any atom is 0.333 e. The molecule has 0 rings (SSSR count). The molecule has 0 amide bonds. The van der Waals surface area contributed by atoms with Gasteiger partial charge in [0.1, 0.15) is 0 Å². The average Bonchev–Trinajstić information content (AvgIpc) is 2.97. The van der Waals surface area contributed by atoms with E-state index in [-0.39, 0.29) is 18.3 Å². The van der Waals surface area contributed by atoms with Crippen LogP contribution in [0.15, 0.2) is 0 Å². The van der Waals surface area contributed by atoms with Crippen molar-refractivity contribution < 1.29 is 13.6 Å². The molecule has 0 radical (unpaired) electrons. The van der Waals surface area contributed by atoms with Crippen LogP contribution in [0.4, 0.5) is 0 Å². The second-order valence-corrected chi connectivity index (χ2v) is 13.4. The predicted octanol–water partition coefficient (Wildman–Crippen LogP) is 14.0. The molecule has 4 heteroatoms. The number of hydrogen-bond acceptors (Lipinski definition) is 3. The van der Waals surface area contributed by atoms with Crippen molar-refractivity contribution in [2.24, 2.45) is 0 Å². The Hall–Kier alpha value is 0.310. The van der Waals surface area contributed by atoms with Gasteiger partial charge < -0.3 is 13.6 Å². The first-order chi connectivity index (χ1) is 19.6. The highest BCUT2D eigenvalue weighted by Gasteiger charge is 2.25. The molecule has 3 unspecified atom stereocenters. The molecule has 0 fully saturated rings. The second kappa shape index (κ2) is 32.2. The van der Waals surface area contributed by atoms with E-state index in [1.807, 2.05) is 0 Å². The number of rotatable bonds is 33. The smallest absolute Gasteiger partial charge is 0.309 e. The maximum atomic E-state index is 6.67. The first-order valence-electron chi connectivity index (χ1n) is 18.4. The van der Waals surface area contributed by atoms with Crippen LogP contribution in [0, 0.1) is 0 Å². The summed E-state index contributed by atoms with van der Waals surface area (Å²) in [6.45, 7) is 13.7. The van der Waals surface area contributed by atoms with Crippen LogP contribution in [0.3, 0.4) is 0 Å². The van der Waals surface area contributed by atoms with Crippen LogP contribution in [0.1, 0.15) is 215 Å². The Kier molecular flexibility index (Phi) is 32.5. The van der Waals surface area contributed by atoms with Crippen LogP contribution in [0.5, 0.6) is 0 Å². The summed E-state index contributed by atoms with van der Waals surface area (Å²) >= 11 is 0. The van der Waals surface area contributed by atoms with Crippen molar-refractivity contribution in [3.8, 4) is 0 Å². The van der Waals surface area contributed by atoms with Gasteiger partial charge in [0, 0.05) is 0 Å². The van der Waals surface area contributed by atoms with Gasteiger partial charge in [-0.1, -0.05) is 176 Å². The van der Waals surface area contributed by atoms with E-state index >= 15 is 0 Å². The summed E-state index contributed by atoms with van der Waals surface area (Å²) < 4.78 is 20.0. The monoisotopic (exact) mass is 587 g/mol. The van der Waals surface area contributed by atoms with Crippen molar-refractivity contribution in [3.05, 3.63) is 0 Å². The summed E-state index contributed by atoms with van der Waals surface area (Å²) in [6, 6.07) is 0. The highest BCUT2D eigenvalue weighted by atomic mass is 31.2. The fourth-order valence-corrected chi connectivity index (χ4v) is 7.06. The van der Waals surface area contributed by atoms with Gasteiger partial charge in [0.15, 0.2) is 0 Å². The summed E-state index contributed by atoms with van der Waals surface area (Å²) in [7, 11) is -1.29. The van der Waals surface area contributed by atoms with Gasteiger partial charge >= 0.3 is 8.60 Å². The molecule has 0 spiro atoms. The van der Waals surface area contributed by atoms with Crippen molar-refractivity contribution in [1.29, 1.82) is 0 Å². The Bertz CT molecular complexity index is 408. The molecule has 0 saturated carbocycles. The fourth-order valence-electron chi connectivity index (χ4n) is 5.42. The molecule has 0 bridgehead atoms. The Morgan fingerprint density at radius 2 is 0.550 bits per heavy atom. The normalized spacial score (nSPS) is 14.8. The van der Waals surface area contributed by atoms with E-state index in [1.54, 1.807) is 0 Å². The summed E-state index contributed by atoms with van der Waals surface area (Å²) in [4.78, 5) is 0. The molecule has 0 aromatic carbocycles. The fraction of sp³-hybridized carbons (Fsp3) is 1.00.